The lowest BCUT2D eigenvalue weighted by Crippen LogP contribution is -2.38. The zero-order valence-electron chi connectivity index (χ0n) is 19.3. The van der Waals surface area contributed by atoms with Crippen molar-refractivity contribution in [1.29, 1.82) is 0 Å². The lowest BCUT2D eigenvalue weighted by atomic mass is 9.87. The number of aryl methyl sites for hydroxylation is 2. The molecule has 3 N–H and O–H groups in total. The summed E-state index contributed by atoms with van der Waals surface area (Å²) in [6, 6.07) is 5.33. The van der Waals surface area contributed by atoms with Crippen molar-refractivity contribution in [2.45, 2.75) is 76.2 Å². The molecule has 0 spiro atoms. The van der Waals surface area contributed by atoms with Gasteiger partial charge in [-0.05, 0) is 75.5 Å². The van der Waals surface area contributed by atoms with E-state index in [1.54, 1.807) is 13.0 Å². The van der Waals surface area contributed by atoms with Crippen LogP contribution in [-0.2, 0) is 14.8 Å². The molecule has 7 nitrogen and oxygen atoms in total. The molecule has 0 saturated heterocycles. The molecule has 0 atom stereocenters. The van der Waals surface area contributed by atoms with E-state index in [9.17, 15) is 18.3 Å². The molecule has 9 heteroatoms. The van der Waals surface area contributed by atoms with Gasteiger partial charge in [-0.2, -0.15) is 0 Å². The molecule has 4 rings (SSSR count). The van der Waals surface area contributed by atoms with Crippen LogP contribution in [0.5, 0.6) is 0 Å². The molecule has 2 aliphatic rings. The summed E-state index contributed by atoms with van der Waals surface area (Å²) < 4.78 is 29.3. The predicted molar refractivity (Wildman–Crippen MR) is 131 cm³/mol. The van der Waals surface area contributed by atoms with Gasteiger partial charge in [-0.1, -0.05) is 36.3 Å². The van der Waals surface area contributed by atoms with E-state index in [1.165, 1.54) is 11.3 Å². The molecule has 0 unspecified atom stereocenters. The number of aliphatic hydroxyl groups is 1. The summed E-state index contributed by atoms with van der Waals surface area (Å²) in [4.78, 5) is 18.1. The Balaban J connectivity index is 1.52. The van der Waals surface area contributed by atoms with E-state index in [-0.39, 0.29) is 35.3 Å². The number of nitrogens with one attached hydrogen (secondary N) is 2. The SMILES string of the molecule is Cc1ccc(-c2sc(NC(=O)C3CCCC3)nc2C)cc1S(=O)(=O)NC1CCC(CO)CC1. The molecule has 33 heavy (non-hydrogen) atoms. The summed E-state index contributed by atoms with van der Waals surface area (Å²) in [6.45, 7) is 3.84. The van der Waals surface area contributed by atoms with Crippen LogP contribution in [0, 0.1) is 25.7 Å². The van der Waals surface area contributed by atoms with Crippen LogP contribution in [0.2, 0.25) is 0 Å². The van der Waals surface area contributed by atoms with Crippen LogP contribution in [0.3, 0.4) is 0 Å². The molecule has 1 aromatic carbocycles. The maximum atomic E-state index is 13.2. The van der Waals surface area contributed by atoms with E-state index in [4.69, 9.17) is 0 Å². The number of nitrogens with zero attached hydrogens (tertiary/aromatic N) is 1. The minimum atomic E-state index is -3.68. The van der Waals surface area contributed by atoms with Gasteiger partial charge in [0, 0.05) is 18.6 Å². The first-order chi connectivity index (χ1) is 15.8. The van der Waals surface area contributed by atoms with Crippen LogP contribution in [0.4, 0.5) is 5.13 Å². The number of hydrogen-bond acceptors (Lipinski definition) is 6. The number of anilines is 1. The second kappa shape index (κ2) is 10.2. The fraction of sp³-hybridized carbons (Fsp3) is 0.583. The minimum Gasteiger partial charge on any atom is -0.396 e. The van der Waals surface area contributed by atoms with Crippen LogP contribution < -0.4 is 10.0 Å². The summed E-state index contributed by atoms with van der Waals surface area (Å²) in [6.07, 6.45) is 7.18. The highest BCUT2D eigenvalue weighted by atomic mass is 32.2. The normalized spacial score (nSPS) is 21.9. The first-order valence-corrected chi connectivity index (χ1v) is 14.1. The Kier molecular flexibility index (Phi) is 7.53. The first kappa shape index (κ1) is 24.3. The number of carbonyl (C=O) groups excluding carboxylic acids is 1. The van der Waals surface area contributed by atoms with Crippen molar-refractivity contribution in [3.63, 3.8) is 0 Å². The first-order valence-electron chi connectivity index (χ1n) is 11.8. The molecule has 2 saturated carbocycles. The molecule has 1 amide bonds. The summed E-state index contributed by atoms with van der Waals surface area (Å²) in [7, 11) is -3.68. The van der Waals surface area contributed by atoms with Gasteiger partial charge in [-0.15, -0.1) is 0 Å². The average molecular weight is 492 g/mol. The van der Waals surface area contributed by atoms with Crippen LogP contribution in [0.1, 0.15) is 62.6 Å². The predicted octanol–water partition coefficient (Wildman–Crippen LogP) is 4.39. The van der Waals surface area contributed by atoms with E-state index in [0.29, 0.717) is 10.7 Å². The topological polar surface area (TPSA) is 108 Å². The Morgan fingerprint density at radius 1 is 1.12 bits per heavy atom. The summed E-state index contributed by atoms with van der Waals surface area (Å²) >= 11 is 1.38. The van der Waals surface area contributed by atoms with E-state index >= 15 is 0 Å². The van der Waals surface area contributed by atoms with Crippen molar-refractivity contribution >= 4 is 32.4 Å². The van der Waals surface area contributed by atoms with Gasteiger partial charge in [-0.3, -0.25) is 4.79 Å². The van der Waals surface area contributed by atoms with Gasteiger partial charge in [0.1, 0.15) is 0 Å². The van der Waals surface area contributed by atoms with Gasteiger partial charge in [-0.25, -0.2) is 18.1 Å². The molecule has 2 aromatic rings. The number of rotatable bonds is 7. The summed E-state index contributed by atoms with van der Waals surface area (Å²) in [5.41, 5.74) is 2.23. The third-order valence-corrected chi connectivity index (χ3v) is 9.70. The van der Waals surface area contributed by atoms with Crippen LogP contribution >= 0.6 is 11.3 Å². The maximum absolute atomic E-state index is 13.2. The Morgan fingerprint density at radius 3 is 2.48 bits per heavy atom. The fourth-order valence-corrected chi connectivity index (χ4v) is 7.43. The zero-order valence-corrected chi connectivity index (χ0v) is 20.9. The Labute approximate surface area is 200 Å². The molecule has 0 radical (unpaired) electrons. The number of aliphatic hydroxyl groups excluding tert-OH is 1. The maximum Gasteiger partial charge on any atom is 0.241 e. The third-order valence-electron chi connectivity index (χ3n) is 6.92. The Bertz CT molecular complexity index is 1100. The summed E-state index contributed by atoms with van der Waals surface area (Å²) in [5.74, 6) is 0.362. The molecule has 2 fully saturated rings. The highest BCUT2D eigenvalue weighted by Gasteiger charge is 2.27. The van der Waals surface area contributed by atoms with Crippen molar-refractivity contribution in [1.82, 2.24) is 9.71 Å². The Morgan fingerprint density at radius 2 is 1.82 bits per heavy atom. The summed E-state index contributed by atoms with van der Waals surface area (Å²) in [5, 5.41) is 12.8. The quantitative estimate of drug-likeness (QED) is 0.532. The smallest absolute Gasteiger partial charge is 0.241 e. The molecular weight excluding hydrogens is 458 g/mol. The number of benzene rings is 1. The lowest BCUT2D eigenvalue weighted by molar-refractivity contribution is -0.119. The largest absolute Gasteiger partial charge is 0.396 e. The number of aromatic nitrogens is 1. The molecule has 2 aliphatic carbocycles. The van der Waals surface area contributed by atoms with Crippen molar-refractivity contribution in [2.75, 3.05) is 11.9 Å². The molecular formula is C24H33N3O4S2. The van der Waals surface area contributed by atoms with Gasteiger partial charge >= 0.3 is 0 Å². The fourth-order valence-electron chi connectivity index (χ4n) is 4.89. The second-order valence-electron chi connectivity index (χ2n) is 9.41. The van der Waals surface area contributed by atoms with E-state index < -0.39 is 10.0 Å². The van der Waals surface area contributed by atoms with Gasteiger partial charge in [0.25, 0.3) is 0 Å². The lowest BCUT2D eigenvalue weighted by Gasteiger charge is -2.28. The van der Waals surface area contributed by atoms with Crippen molar-refractivity contribution < 1.29 is 18.3 Å². The van der Waals surface area contributed by atoms with E-state index in [0.717, 1.165) is 67.5 Å². The van der Waals surface area contributed by atoms with Crippen molar-refractivity contribution in [3.8, 4) is 10.4 Å². The number of amides is 1. The van der Waals surface area contributed by atoms with E-state index in [2.05, 4.69) is 15.0 Å². The van der Waals surface area contributed by atoms with Gasteiger partial charge in [0.05, 0.1) is 15.5 Å². The van der Waals surface area contributed by atoms with Crippen molar-refractivity contribution in [3.05, 3.63) is 29.5 Å². The minimum absolute atomic E-state index is 0.0279. The van der Waals surface area contributed by atoms with Gasteiger partial charge in [0.2, 0.25) is 15.9 Å². The number of thiazole rings is 1. The van der Waals surface area contributed by atoms with Crippen LogP contribution in [0.15, 0.2) is 23.1 Å². The average Bonchev–Trinajstić information content (AvgIpc) is 3.44. The monoisotopic (exact) mass is 491 g/mol. The van der Waals surface area contributed by atoms with Crippen molar-refractivity contribution in [2.24, 2.45) is 11.8 Å². The van der Waals surface area contributed by atoms with Crippen LogP contribution in [-0.4, -0.2) is 37.1 Å². The highest BCUT2D eigenvalue weighted by Crippen LogP contribution is 2.36. The third kappa shape index (κ3) is 5.65. The van der Waals surface area contributed by atoms with Gasteiger partial charge < -0.3 is 10.4 Å². The number of sulfonamides is 1. The Hall–Kier alpha value is -1.81. The number of carbonyl (C=O) groups is 1. The molecule has 1 aromatic heterocycles. The second-order valence-corrected chi connectivity index (χ2v) is 12.1. The molecule has 0 aliphatic heterocycles. The molecule has 0 bridgehead atoms. The number of hydrogen-bond donors (Lipinski definition) is 3. The van der Waals surface area contributed by atoms with E-state index in [1.807, 2.05) is 19.1 Å². The van der Waals surface area contributed by atoms with Crippen LogP contribution in [0.25, 0.3) is 10.4 Å². The van der Waals surface area contributed by atoms with Gasteiger partial charge in [0.15, 0.2) is 5.13 Å². The molecule has 1 heterocycles. The standard InChI is InChI=1S/C24H33N3O4S2/c1-15-7-10-19(13-21(15)33(30,31)27-20-11-8-17(14-28)9-12-20)22-16(2)25-24(32-22)26-23(29)18-5-3-4-6-18/h7,10,13,17-18,20,27-28H,3-6,8-9,11-12,14H2,1-2H3,(H,25,26,29). The molecule has 180 valence electrons. The highest BCUT2D eigenvalue weighted by molar-refractivity contribution is 7.89. The zero-order chi connectivity index (χ0) is 23.6.